The van der Waals surface area contributed by atoms with Crippen molar-refractivity contribution in [2.45, 2.75) is 6.92 Å². The molecule has 0 aliphatic rings. The molecule has 1 heterocycles. The predicted octanol–water partition coefficient (Wildman–Crippen LogP) is 1.32. The van der Waals surface area contributed by atoms with E-state index in [1.807, 2.05) is 0 Å². The van der Waals surface area contributed by atoms with Crippen LogP contribution in [0.5, 0.6) is 5.75 Å². The van der Waals surface area contributed by atoms with Crippen LogP contribution in [0, 0.1) is 5.82 Å². The van der Waals surface area contributed by atoms with Crippen molar-refractivity contribution < 1.29 is 23.5 Å². The van der Waals surface area contributed by atoms with Gasteiger partial charge in [-0.25, -0.2) is 9.78 Å². The minimum Gasteiger partial charge on any atom is -0.437 e. The molecular formula is C9H9FN2O4. The lowest BCUT2D eigenvalue weighted by molar-refractivity contribution is -0.114. The minimum atomic E-state index is -1.06. The van der Waals surface area contributed by atoms with E-state index >= 15 is 0 Å². The molecule has 0 saturated carbocycles. The molecule has 0 fully saturated rings. The molecule has 0 atom stereocenters. The van der Waals surface area contributed by atoms with E-state index < -0.39 is 17.9 Å². The fraction of sp³-hybridized carbons (Fsp3) is 0.222. The van der Waals surface area contributed by atoms with E-state index in [0.717, 1.165) is 13.2 Å². The van der Waals surface area contributed by atoms with Gasteiger partial charge < -0.3 is 14.8 Å². The standard InChI is InChI=1S/C9H9FN2O4/c1-5(13)12-8-7(10)6(3-4-11-8)16-9(14)15-2/h3-4H,1-2H3,(H,11,12,13). The molecule has 6 nitrogen and oxygen atoms in total. The van der Waals surface area contributed by atoms with Crippen molar-refractivity contribution >= 4 is 17.9 Å². The van der Waals surface area contributed by atoms with Crippen LogP contribution in [0.3, 0.4) is 0 Å². The summed E-state index contributed by atoms with van der Waals surface area (Å²) in [6, 6.07) is 1.14. The number of nitrogens with zero attached hydrogens (tertiary/aromatic N) is 1. The largest absolute Gasteiger partial charge is 0.513 e. The molecule has 0 radical (unpaired) electrons. The summed E-state index contributed by atoms with van der Waals surface area (Å²) < 4.78 is 22.2. The van der Waals surface area contributed by atoms with Gasteiger partial charge >= 0.3 is 6.16 Å². The normalized spacial score (nSPS) is 9.44. The third-order valence-corrected chi connectivity index (χ3v) is 1.51. The fourth-order valence-electron chi connectivity index (χ4n) is 0.890. The quantitative estimate of drug-likeness (QED) is 0.772. The van der Waals surface area contributed by atoms with E-state index in [4.69, 9.17) is 0 Å². The number of ether oxygens (including phenoxy) is 2. The number of halogens is 1. The Hall–Kier alpha value is -2.18. The highest BCUT2D eigenvalue weighted by atomic mass is 19.1. The molecule has 1 aromatic heterocycles. The first-order valence-corrected chi connectivity index (χ1v) is 4.22. The highest BCUT2D eigenvalue weighted by Crippen LogP contribution is 2.22. The summed E-state index contributed by atoms with van der Waals surface area (Å²) in [4.78, 5) is 25.0. The summed E-state index contributed by atoms with van der Waals surface area (Å²) in [5.41, 5.74) is 0. The number of nitrogens with one attached hydrogen (secondary N) is 1. The van der Waals surface area contributed by atoms with Crippen LogP contribution in [-0.4, -0.2) is 24.2 Å². The number of methoxy groups -OCH3 is 1. The summed E-state index contributed by atoms with van der Waals surface area (Å²) in [6.07, 6.45) is 0.131. The number of carbonyl (C=O) groups excluding carboxylic acids is 2. The number of anilines is 1. The van der Waals surface area contributed by atoms with Gasteiger partial charge in [0.15, 0.2) is 11.6 Å². The number of hydrogen-bond acceptors (Lipinski definition) is 5. The molecule has 1 N–H and O–H groups in total. The molecule has 0 saturated heterocycles. The summed E-state index contributed by atoms with van der Waals surface area (Å²) in [7, 11) is 1.09. The molecule has 0 aromatic carbocycles. The lowest BCUT2D eigenvalue weighted by Crippen LogP contribution is -2.12. The van der Waals surface area contributed by atoms with E-state index in [1.54, 1.807) is 0 Å². The van der Waals surface area contributed by atoms with Crippen molar-refractivity contribution in [1.82, 2.24) is 4.98 Å². The summed E-state index contributed by atoms with van der Waals surface area (Å²) in [5.74, 6) is -2.11. The molecule has 16 heavy (non-hydrogen) atoms. The van der Waals surface area contributed by atoms with Gasteiger partial charge in [-0.05, 0) is 0 Å². The van der Waals surface area contributed by atoms with E-state index in [0.29, 0.717) is 0 Å². The van der Waals surface area contributed by atoms with Gasteiger partial charge in [-0.15, -0.1) is 0 Å². The summed E-state index contributed by atoms with van der Waals surface area (Å²) in [6.45, 7) is 1.20. The fourth-order valence-corrected chi connectivity index (χ4v) is 0.890. The number of amides is 1. The Morgan fingerprint density at radius 2 is 2.19 bits per heavy atom. The zero-order valence-electron chi connectivity index (χ0n) is 8.61. The van der Waals surface area contributed by atoms with Gasteiger partial charge in [0.2, 0.25) is 11.7 Å². The molecule has 0 aliphatic heterocycles. The molecule has 7 heteroatoms. The molecule has 0 aliphatic carbocycles. The molecule has 0 spiro atoms. The third kappa shape index (κ3) is 2.91. The molecule has 86 valence electrons. The second-order valence-corrected chi connectivity index (χ2v) is 2.71. The van der Waals surface area contributed by atoms with Crippen LogP contribution < -0.4 is 10.1 Å². The number of hydrogen-bond donors (Lipinski definition) is 1. The van der Waals surface area contributed by atoms with Gasteiger partial charge in [0.1, 0.15) is 0 Å². The van der Waals surface area contributed by atoms with Gasteiger partial charge in [-0.1, -0.05) is 0 Å². The van der Waals surface area contributed by atoms with Crippen molar-refractivity contribution in [3.05, 3.63) is 18.1 Å². The molecule has 0 bridgehead atoms. The van der Waals surface area contributed by atoms with E-state index in [9.17, 15) is 14.0 Å². The van der Waals surface area contributed by atoms with Crippen molar-refractivity contribution in [3.8, 4) is 5.75 Å². The van der Waals surface area contributed by atoms with Crippen LogP contribution in [0.15, 0.2) is 12.3 Å². The van der Waals surface area contributed by atoms with Crippen molar-refractivity contribution in [1.29, 1.82) is 0 Å². The van der Waals surface area contributed by atoms with Crippen molar-refractivity contribution in [2.75, 3.05) is 12.4 Å². The Kier molecular flexibility index (Phi) is 3.76. The van der Waals surface area contributed by atoms with Crippen LogP contribution in [0.1, 0.15) is 6.92 Å². The highest BCUT2D eigenvalue weighted by Gasteiger charge is 2.14. The Morgan fingerprint density at radius 3 is 2.75 bits per heavy atom. The minimum absolute atomic E-state index is 0.311. The Morgan fingerprint density at radius 1 is 1.50 bits per heavy atom. The number of pyridine rings is 1. The zero-order valence-corrected chi connectivity index (χ0v) is 8.61. The van der Waals surface area contributed by atoms with Crippen LogP contribution in [0.25, 0.3) is 0 Å². The average Bonchev–Trinajstić information content (AvgIpc) is 2.23. The van der Waals surface area contributed by atoms with Gasteiger partial charge in [0, 0.05) is 19.2 Å². The van der Waals surface area contributed by atoms with Gasteiger partial charge in [0.25, 0.3) is 0 Å². The third-order valence-electron chi connectivity index (χ3n) is 1.51. The molecule has 1 rings (SSSR count). The van der Waals surface area contributed by atoms with Gasteiger partial charge in [0.05, 0.1) is 7.11 Å². The van der Waals surface area contributed by atoms with Gasteiger partial charge in [-0.3, -0.25) is 4.79 Å². The number of aromatic nitrogens is 1. The second kappa shape index (κ2) is 5.06. The van der Waals surface area contributed by atoms with E-state index in [2.05, 4.69) is 19.8 Å². The predicted molar refractivity (Wildman–Crippen MR) is 51.5 cm³/mol. The average molecular weight is 228 g/mol. The second-order valence-electron chi connectivity index (χ2n) is 2.71. The summed E-state index contributed by atoms with van der Waals surface area (Å²) in [5, 5.41) is 2.15. The zero-order chi connectivity index (χ0) is 12.1. The van der Waals surface area contributed by atoms with E-state index in [1.165, 1.54) is 13.1 Å². The molecular weight excluding hydrogens is 219 g/mol. The maximum absolute atomic E-state index is 13.5. The Bertz CT molecular complexity index is 422. The number of rotatable bonds is 2. The van der Waals surface area contributed by atoms with Crippen LogP contribution in [0.4, 0.5) is 15.0 Å². The maximum atomic E-state index is 13.5. The van der Waals surface area contributed by atoms with Crippen molar-refractivity contribution in [3.63, 3.8) is 0 Å². The molecule has 1 amide bonds. The van der Waals surface area contributed by atoms with Gasteiger partial charge in [-0.2, -0.15) is 4.39 Å². The maximum Gasteiger partial charge on any atom is 0.513 e. The van der Waals surface area contributed by atoms with Crippen molar-refractivity contribution in [2.24, 2.45) is 0 Å². The smallest absolute Gasteiger partial charge is 0.437 e. The number of carbonyl (C=O) groups is 2. The Labute approximate surface area is 90.4 Å². The van der Waals surface area contributed by atoms with Crippen LogP contribution in [0.2, 0.25) is 0 Å². The molecule has 0 unspecified atom stereocenters. The highest BCUT2D eigenvalue weighted by molar-refractivity contribution is 5.87. The SMILES string of the molecule is COC(=O)Oc1ccnc(NC(C)=O)c1F. The van der Waals surface area contributed by atoms with E-state index in [-0.39, 0.29) is 11.6 Å². The topological polar surface area (TPSA) is 77.5 Å². The van der Waals surface area contributed by atoms with Crippen LogP contribution >= 0.6 is 0 Å². The lowest BCUT2D eigenvalue weighted by atomic mass is 10.4. The first kappa shape index (κ1) is 11.9. The monoisotopic (exact) mass is 228 g/mol. The molecule has 1 aromatic rings. The lowest BCUT2D eigenvalue weighted by Gasteiger charge is -2.06. The first-order chi connectivity index (χ1) is 7.54. The van der Waals surface area contributed by atoms with Crippen LogP contribution in [-0.2, 0) is 9.53 Å². The summed E-state index contributed by atoms with van der Waals surface area (Å²) >= 11 is 0. The first-order valence-electron chi connectivity index (χ1n) is 4.22. The Balaban J connectivity index is 2.94.